The third kappa shape index (κ3) is 4.52. The minimum atomic E-state index is -0.511. The summed E-state index contributed by atoms with van der Waals surface area (Å²) in [6, 6.07) is 13.6. The van der Waals surface area contributed by atoms with E-state index in [4.69, 9.17) is 0 Å². The number of hydrogen-bond acceptors (Lipinski definition) is 4. The molecule has 1 aromatic heterocycles. The summed E-state index contributed by atoms with van der Waals surface area (Å²) in [4.78, 5) is 39.0. The van der Waals surface area contributed by atoms with Gasteiger partial charge in [-0.05, 0) is 12.1 Å². The van der Waals surface area contributed by atoms with Crippen molar-refractivity contribution in [1.29, 1.82) is 0 Å². The number of carbonyl (C=O) groups excluding carboxylic acids is 3. The smallest absolute Gasteiger partial charge is 0.288 e. The van der Waals surface area contributed by atoms with Crippen molar-refractivity contribution < 1.29 is 14.4 Å². The second-order valence-corrected chi connectivity index (χ2v) is 4.51. The molecule has 0 spiro atoms. The number of rotatable bonds is 5. The van der Waals surface area contributed by atoms with Crippen molar-refractivity contribution in [3.8, 4) is 0 Å². The number of amides is 2. The predicted molar refractivity (Wildman–Crippen MR) is 79.9 cm³/mol. The molecule has 6 heteroatoms. The van der Waals surface area contributed by atoms with Crippen LogP contribution in [0.4, 0.5) is 0 Å². The molecule has 0 fully saturated rings. The molecule has 0 aliphatic carbocycles. The number of benzene rings is 1. The standard InChI is InChI=1S/C16H15N3O3/c20-14(12-6-2-1-3-7-12)9-10-15(21)18-19-16(22)13-8-4-5-11-17-13/h1-8,11H,9-10H2,(H,18,21)(H,19,22). The lowest BCUT2D eigenvalue weighted by Gasteiger charge is -2.06. The van der Waals surface area contributed by atoms with Gasteiger partial charge in [-0.25, -0.2) is 0 Å². The van der Waals surface area contributed by atoms with E-state index in [2.05, 4.69) is 15.8 Å². The lowest BCUT2D eigenvalue weighted by atomic mass is 10.1. The number of ketones is 1. The molecule has 0 radical (unpaired) electrons. The Morgan fingerprint density at radius 3 is 2.27 bits per heavy atom. The van der Waals surface area contributed by atoms with Crippen LogP contribution in [0.15, 0.2) is 54.7 Å². The molecule has 0 saturated carbocycles. The molecule has 2 N–H and O–H groups in total. The largest absolute Gasteiger partial charge is 0.294 e. The van der Waals surface area contributed by atoms with Gasteiger partial charge in [-0.2, -0.15) is 0 Å². The van der Waals surface area contributed by atoms with Crippen molar-refractivity contribution in [2.45, 2.75) is 12.8 Å². The lowest BCUT2D eigenvalue weighted by molar-refractivity contribution is -0.121. The molecular weight excluding hydrogens is 282 g/mol. The first kappa shape index (κ1) is 15.4. The number of Topliss-reactive ketones (excluding diaryl/α,β-unsaturated/α-hetero) is 1. The van der Waals surface area contributed by atoms with Gasteiger partial charge in [0.25, 0.3) is 5.91 Å². The van der Waals surface area contributed by atoms with Crippen molar-refractivity contribution in [2.75, 3.05) is 0 Å². The summed E-state index contributed by atoms with van der Waals surface area (Å²) in [7, 11) is 0. The third-order valence-corrected chi connectivity index (χ3v) is 2.89. The van der Waals surface area contributed by atoms with E-state index < -0.39 is 11.8 Å². The maximum atomic E-state index is 11.8. The second kappa shape index (κ2) is 7.68. The number of nitrogens with zero attached hydrogens (tertiary/aromatic N) is 1. The highest BCUT2D eigenvalue weighted by molar-refractivity contribution is 5.98. The van der Waals surface area contributed by atoms with Gasteiger partial charge in [0, 0.05) is 24.6 Å². The monoisotopic (exact) mass is 297 g/mol. The van der Waals surface area contributed by atoms with E-state index in [0.29, 0.717) is 5.56 Å². The van der Waals surface area contributed by atoms with E-state index in [0.717, 1.165) is 0 Å². The molecule has 0 aliphatic rings. The van der Waals surface area contributed by atoms with Crippen LogP contribution in [0.5, 0.6) is 0 Å². The molecule has 0 bridgehead atoms. The fraction of sp³-hybridized carbons (Fsp3) is 0.125. The van der Waals surface area contributed by atoms with Gasteiger partial charge >= 0.3 is 0 Å². The average molecular weight is 297 g/mol. The van der Waals surface area contributed by atoms with Gasteiger partial charge in [0.15, 0.2) is 5.78 Å². The zero-order valence-corrected chi connectivity index (χ0v) is 11.8. The summed E-state index contributed by atoms with van der Waals surface area (Å²) in [5.41, 5.74) is 5.27. The van der Waals surface area contributed by atoms with Gasteiger partial charge in [-0.15, -0.1) is 0 Å². The highest BCUT2D eigenvalue weighted by atomic mass is 16.2. The van der Waals surface area contributed by atoms with Crippen LogP contribution in [-0.4, -0.2) is 22.6 Å². The van der Waals surface area contributed by atoms with E-state index in [9.17, 15) is 14.4 Å². The quantitative estimate of drug-likeness (QED) is 0.646. The molecule has 2 amide bonds. The molecule has 0 atom stereocenters. The molecular formula is C16H15N3O3. The Hall–Kier alpha value is -3.02. The summed E-state index contributed by atoms with van der Waals surface area (Å²) >= 11 is 0. The molecule has 2 rings (SSSR count). The number of pyridine rings is 1. The lowest BCUT2D eigenvalue weighted by Crippen LogP contribution is -2.42. The molecule has 1 aromatic carbocycles. The van der Waals surface area contributed by atoms with Gasteiger partial charge in [0.05, 0.1) is 0 Å². The molecule has 1 heterocycles. The number of nitrogens with one attached hydrogen (secondary N) is 2. The summed E-state index contributed by atoms with van der Waals surface area (Å²) in [6.45, 7) is 0. The first-order chi connectivity index (χ1) is 10.7. The zero-order valence-electron chi connectivity index (χ0n) is 11.8. The van der Waals surface area contributed by atoms with E-state index in [1.807, 2.05) is 6.07 Å². The van der Waals surface area contributed by atoms with Crippen LogP contribution in [0.2, 0.25) is 0 Å². The highest BCUT2D eigenvalue weighted by Gasteiger charge is 2.10. The molecule has 0 saturated heterocycles. The fourth-order valence-electron chi connectivity index (χ4n) is 1.75. The summed E-state index contributed by atoms with van der Waals surface area (Å²) in [5, 5.41) is 0. The van der Waals surface area contributed by atoms with Gasteiger partial charge in [0.2, 0.25) is 5.91 Å². The molecule has 22 heavy (non-hydrogen) atoms. The summed E-state index contributed by atoms with van der Waals surface area (Å²) in [5.74, 6) is -1.07. The topological polar surface area (TPSA) is 88.2 Å². The Morgan fingerprint density at radius 1 is 0.864 bits per heavy atom. The van der Waals surface area contributed by atoms with Crippen LogP contribution in [0.25, 0.3) is 0 Å². The number of hydrazine groups is 1. The van der Waals surface area contributed by atoms with Crippen molar-refractivity contribution in [3.63, 3.8) is 0 Å². The van der Waals surface area contributed by atoms with Crippen LogP contribution in [0.3, 0.4) is 0 Å². The third-order valence-electron chi connectivity index (χ3n) is 2.89. The Morgan fingerprint density at radius 2 is 1.59 bits per heavy atom. The van der Waals surface area contributed by atoms with E-state index in [-0.39, 0.29) is 24.3 Å². The van der Waals surface area contributed by atoms with Crippen molar-refractivity contribution in [3.05, 3.63) is 66.0 Å². The Bertz CT molecular complexity index is 599. The Labute approximate surface area is 127 Å². The van der Waals surface area contributed by atoms with Crippen molar-refractivity contribution >= 4 is 17.6 Å². The minimum Gasteiger partial charge on any atom is -0.294 e. The maximum absolute atomic E-state index is 11.8. The minimum absolute atomic E-state index is 0.00374. The number of hydrogen-bond donors (Lipinski definition) is 2. The van der Waals surface area contributed by atoms with Gasteiger partial charge in [0.1, 0.15) is 5.69 Å². The van der Waals surface area contributed by atoms with Gasteiger partial charge < -0.3 is 0 Å². The Kier molecular flexibility index (Phi) is 5.37. The van der Waals surface area contributed by atoms with Crippen molar-refractivity contribution in [1.82, 2.24) is 15.8 Å². The van der Waals surface area contributed by atoms with Crippen LogP contribution < -0.4 is 10.9 Å². The van der Waals surface area contributed by atoms with Crippen LogP contribution in [0, 0.1) is 0 Å². The van der Waals surface area contributed by atoms with E-state index >= 15 is 0 Å². The Balaban J connectivity index is 1.74. The van der Waals surface area contributed by atoms with Gasteiger partial charge in [-0.3, -0.25) is 30.2 Å². The SMILES string of the molecule is O=C(CCC(=O)c1ccccc1)NNC(=O)c1ccccn1. The summed E-state index contributed by atoms with van der Waals surface area (Å²) < 4.78 is 0. The summed E-state index contributed by atoms with van der Waals surface area (Å²) in [6.07, 6.45) is 1.56. The first-order valence-electron chi connectivity index (χ1n) is 6.75. The second-order valence-electron chi connectivity index (χ2n) is 4.51. The van der Waals surface area contributed by atoms with E-state index in [1.54, 1.807) is 36.4 Å². The molecule has 0 unspecified atom stereocenters. The maximum Gasteiger partial charge on any atom is 0.288 e. The predicted octanol–water partition coefficient (Wildman–Crippen LogP) is 1.51. The van der Waals surface area contributed by atoms with Gasteiger partial charge in [-0.1, -0.05) is 36.4 Å². The van der Waals surface area contributed by atoms with Crippen LogP contribution in [0.1, 0.15) is 33.7 Å². The zero-order chi connectivity index (χ0) is 15.8. The number of carbonyl (C=O) groups is 3. The molecule has 6 nitrogen and oxygen atoms in total. The van der Waals surface area contributed by atoms with Crippen LogP contribution in [-0.2, 0) is 4.79 Å². The van der Waals surface area contributed by atoms with Crippen LogP contribution >= 0.6 is 0 Å². The molecule has 112 valence electrons. The fourth-order valence-corrected chi connectivity index (χ4v) is 1.75. The molecule has 2 aromatic rings. The number of aromatic nitrogens is 1. The normalized spacial score (nSPS) is 9.82. The molecule has 0 aliphatic heterocycles. The van der Waals surface area contributed by atoms with E-state index in [1.165, 1.54) is 12.3 Å². The van der Waals surface area contributed by atoms with Crippen molar-refractivity contribution in [2.24, 2.45) is 0 Å². The average Bonchev–Trinajstić information content (AvgIpc) is 2.59. The first-order valence-corrected chi connectivity index (χ1v) is 6.75. The highest BCUT2D eigenvalue weighted by Crippen LogP contribution is 2.04.